The van der Waals surface area contributed by atoms with Gasteiger partial charge in [0, 0.05) is 30.4 Å². The molecule has 3 unspecified atom stereocenters. The first-order chi connectivity index (χ1) is 8.67. The van der Waals surface area contributed by atoms with Gasteiger partial charge in [-0.05, 0) is 46.2 Å². The molecule has 0 saturated heterocycles. The van der Waals surface area contributed by atoms with E-state index < -0.39 is 0 Å². The average Bonchev–Trinajstić information content (AvgIpc) is 3.04. The molecule has 1 heterocycles. The summed E-state index contributed by atoms with van der Waals surface area (Å²) in [7, 11) is 2.23. The third-order valence-corrected chi connectivity index (χ3v) is 4.52. The lowest BCUT2D eigenvalue weighted by molar-refractivity contribution is 0.152. The first-order valence-electron chi connectivity index (χ1n) is 7.11. The zero-order chi connectivity index (χ0) is 13.1. The maximum Gasteiger partial charge on any atom is 0.0537 e. The first-order valence-corrected chi connectivity index (χ1v) is 7.11. The fourth-order valence-electron chi connectivity index (χ4n) is 3.12. The van der Waals surface area contributed by atoms with E-state index in [0.717, 1.165) is 13.1 Å². The summed E-state index contributed by atoms with van der Waals surface area (Å²) < 4.78 is 1.99. The van der Waals surface area contributed by atoms with E-state index in [2.05, 4.69) is 37.1 Å². The van der Waals surface area contributed by atoms with Gasteiger partial charge in [-0.2, -0.15) is 5.10 Å². The van der Waals surface area contributed by atoms with E-state index in [1.807, 2.05) is 10.9 Å². The Morgan fingerprint density at radius 3 is 2.94 bits per heavy atom. The van der Waals surface area contributed by atoms with Gasteiger partial charge in [-0.15, -0.1) is 0 Å². The summed E-state index contributed by atoms with van der Waals surface area (Å²) in [6, 6.07) is 1.05. The third-order valence-electron chi connectivity index (χ3n) is 4.52. The molecule has 0 radical (unpaired) electrons. The van der Waals surface area contributed by atoms with Crippen molar-refractivity contribution in [2.75, 3.05) is 13.6 Å². The highest BCUT2D eigenvalue weighted by Crippen LogP contribution is 2.33. The van der Waals surface area contributed by atoms with Crippen molar-refractivity contribution in [1.82, 2.24) is 14.7 Å². The average molecular weight is 250 g/mol. The van der Waals surface area contributed by atoms with Gasteiger partial charge in [0.1, 0.15) is 0 Å². The number of nitrogens with zero attached hydrogens (tertiary/aromatic N) is 3. The minimum absolute atomic E-state index is 0.419. The standard InChI is InChI=1S/C14H26N4/c1-4-18-10-13(9-16-18)11(2)17(3)14-7-5-6-12(14)8-15/h9-12,14H,4-8,15H2,1-3H3. The van der Waals surface area contributed by atoms with Crippen molar-refractivity contribution in [1.29, 1.82) is 0 Å². The van der Waals surface area contributed by atoms with Crippen LogP contribution in [0.4, 0.5) is 0 Å². The Balaban J connectivity index is 2.05. The lowest BCUT2D eigenvalue weighted by atomic mass is 10.00. The summed E-state index contributed by atoms with van der Waals surface area (Å²) in [5.41, 5.74) is 7.19. The van der Waals surface area contributed by atoms with Gasteiger partial charge in [0.05, 0.1) is 6.20 Å². The van der Waals surface area contributed by atoms with Crippen LogP contribution >= 0.6 is 0 Å². The van der Waals surface area contributed by atoms with E-state index in [4.69, 9.17) is 5.73 Å². The smallest absolute Gasteiger partial charge is 0.0537 e. The summed E-state index contributed by atoms with van der Waals surface area (Å²) in [6.07, 6.45) is 8.04. The summed E-state index contributed by atoms with van der Waals surface area (Å²) >= 11 is 0. The fraction of sp³-hybridized carbons (Fsp3) is 0.786. The van der Waals surface area contributed by atoms with Gasteiger partial charge in [0.15, 0.2) is 0 Å². The Labute approximate surface area is 110 Å². The van der Waals surface area contributed by atoms with E-state index >= 15 is 0 Å². The van der Waals surface area contributed by atoms with Gasteiger partial charge in [-0.1, -0.05) is 6.42 Å². The quantitative estimate of drug-likeness (QED) is 0.869. The second-order valence-electron chi connectivity index (χ2n) is 5.46. The highest BCUT2D eigenvalue weighted by atomic mass is 15.3. The summed E-state index contributed by atoms with van der Waals surface area (Å²) in [4.78, 5) is 2.49. The first kappa shape index (κ1) is 13.6. The molecular formula is C14H26N4. The number of aromatic nitrogens is 2. The van der Waals surface area contributed by atoms with E-state index in [9.17, 15) is 0 Å². The molecule has 102 valence electrons. The molecule has 0 aromatic carbocycles. The van der Waals surface area contributed by atoms with Gasteiger partial charge < -0.3 is 5.73 Å². The zero-order valence-electron chi connectivity index (χ0n) is 11.8. The molecule has 4 heteroatoms. The molecule has 0 amide bonds. The van der Waals surface area contributed by atoms with Crippen LogP contribution < -0.4 is 5.73 Å². The Morgan fingerprint density at radius 1 is 1.56 bits per heavy atom. The van der Waals surface area contributed by atoms with Gasteiger partial charge in [-0.3, -0.25) is 9.58 Å². The number of hydrogen-bond donors (Lipinski definition) is 1. The highest BCUT2D eigenvalue weighted by Gasteiger charge is 2.31. The predicted molar refractivity (Wildman–Crippen MR) is 74.3 cm³/mol. The van der Waals surface area contributed by atoms with Crippen molar-refractivity contribution >= 4 is 0 Å². The molecule has 2 N–H and O–H groups in total. The maximum atomic E-state index is 5.88. The van der Waals surface area contributed by atoms with Crippen LogP contribution in [0.3, 0.4) is 0 Å². The Bertz CT molecular complexity index is 374. The minimum atomic E-state index is 0.419. The van der Waals surface area contributed by atoms with Crippen molar-refractivity contribution in [3.8, 4) is 0 Å². The zero-order valence-corrected chi connectivity index (χ0v) is 11.8. The minimum Gasteiger partial charge on any atom is -0.330 e. The second-order valence-corrected chi connectivity index (χ2v) is 5.46. The molecule has 0 spiro atoms. The van der Waals surface area contributed by atoms with Crippen LogP contribution in [0.2, 0.25) is 0 Å². The normalized spacial score (nSPS) is 25.8. The Hall–Kier alpha value is -0.870. The lowest BCUT2D eigenvalue weighted by Crippen LogP contribution is -2.39. The van der Waals surface area contributed by atoms with Crippen molar-refractivity contribution in [2.45, 2.75) is 51.7 Å². The van der Waals surface area contributed by atoms with Gasteiger partial charge in [-0.25, -0.2) is 0 Å². The van der Waals surface area contributed by atoms with Gasteiger partial charge in [0.2, 0.25) is 0 Å². The maximum absolute atomic E-state index is 5.88. The van der Waals surface area contributed by atoms with Gasteiger partial charge >= 0.3 is 0 Å². The number of nitrogens with two attached hydrogens (primary N) is 1. The van der Waals surface area contributed by atoms with Crippen LogP contribution in [0.15, 0.2) is 12.4 Å². The second kappa shape index (κ2) is 5.85. The van der Waals surface area contributed by atoms with Crippen LogP contribution in [0.1, 0.15) is 44.7 Å². The molecule has 1 aromatic rings. The molecule has 3 atom stereocenters. The third kappa shape index (κ3) is 2.59. The molecule has 1 saturated carbocycles. The molecule has 1 aliphatic rings. The molecule has 0 bridgehead atoms. The van der Waals surface area contributed by atoms with Crippen LogP contribution in [-0.2, 0) is 6.54 Å². The molecule has 2 rings (SSSR count). The fourth-order valence-corrected chi connectivity index (χ4v) is 3.12. The van der Waals surface area contributed by atoms with Crippen molar-refractivity contribution in [2.24, 2.45) is 11.7 Å². The van der Waals surface area contributed by atoms with Crippen LogP contribution in [-0.4, -0.2) is 34.3 Å². The summed E-state index contributed by atoms with van der Waals surface area (Å²) in [6.45, 7) is 6.14. The monoisotopic (exact) mass is 250 g/mol. The Kier molecular flexibility index (Phi) is 4.40. The van der Waals surface area contributed by atoms with E-state index in [1.165, 1.54) is 24.8 Å². The SMILES string of the molecule is CCn1cc(C(C)N(C)C2CCCC2CN)cn1. The van der Waals surface area contributed by atoms with Crippen LogP contribution in [0.25, 0.3) is 0 Å². The summed E-state index contributed by atoms with van der Waals surface area (Å²) in [5, 5.41) is 4.37. The molecule has 0 aliphatic heterocycles. The van der Waals surface area contributed by atoms with Gasteiger partial charge in [0.25, 0.3) is 0 Å². The van der Waals surface area contributed by atoms with Crippen molar-refractivity contribution in [3.63, 3.8) is 0 Å². The molecule has 18 heavy (non-hydrogen) atoms. The van der Waals surface area contributed by atoms with Crippen LogP contribution in [0.5, 0.6) is 0 Å². The Morgan fingerprint density at radius 2 is 2.33 bits per heavy atom. The molecule has 4 nitrogen and oxygen atoms in total. The largest absolute Gasteiger partial charge is 0.330 e. The predicted octanol–water partition coefficient (Wildman–Crippen LogP) is 2.02. The summed E-state index contributed by atoms with van der Waals surface area (Å²) in [5.74, 6) is 0.665. The number of hydrogen-bond acceptors (Lipinski definition) is 3. The lowest BCUT2D eigenvalue weighted by Gasteiger charge is -2.33. The number of rotatable bonds is 5. The van der Waals surface area contributed by atoms with Crippen molar-refractivity contribution < 1.29 is 0 Å². The number of aryl methyl sites for hydroxylation is 1. The van der Waals surface area contributed by atoms with E-state index in [0.29, 0.717) is 18.0 Å². The van der Waals surface area contributed by atoms with Crippen LogP contribution in [0, 0.1) is 5.92 Å². The molecular weight excluding hydrogens is 224 g/mol. The van der Waals surface area contributed by atoms with Crippen molar-refractivity contribution in [3.05, 3.63) is 18.0 Å². The van der Waals surface area contributed by atoms with E-state index in [-0.39, 0.29) is 0 Å². The molecule has 1 aliphatic carbocycles. The van der Waals surface area contributed by atoms with E-state index in [1.54, 1.807) is 0 Å². The highest BCUT2D eigenvalue weighted by molar-refractivity contribution is 5.10. The molecule has 1 aromatic heterocycles. The topological polar surface area (TPSA) is 47.1 Å². The molecule has 1 fully saturated rings.